The van der Waals surface area contributed by atoms with Crippen molar-refractivity contribution in [1.29, 1.82) is 0 Å². The maximum absolute atomic E-state index is 14.7. The average molecular weight is 425 g/mol. The highest BCUT2D eigenvalue weighted by atomic mass is 19.1. The molecule has 0 bridgehead atoms. The highest BCUT2D eigenvalue weighted by molar-refractivity contribution is 6.46. The number of carbonyl (C=O) groups excluding carboxylic acids is 2. The van der Waals surface area contributed by atoms with Crippen LogP contribution < -0.4 is 4.74 Å². The van der Waals surface area contributed by atoms with Crippen molar-refractivity contribution in [3.05, 3.63) is 83.7 Å². The zero-order valence-electron chi connectivity index (χ0n) is 17.2. The van der Waals surface area contributed by atoms with E-state index in [0.717, 1.165) is 0 Å². The van der Waals surface area contributed by atoms with Gasteiger partial charge in [0.25, 0.3) is 11.7 Å². The van der Waals surface area contributed by atoms with Gasteiger partial charge in [-0.1, -0.05) is 30.9 Å². The molecule has 3 rings (SSSR count). The fourth-order valence-corrected chi connectivity index (χ4v) is 3.53. The quantitative estimate of drug-likeness (QED) is 0.217. The Morgan fingerprint density at radius 2 is 1.90 bits per heavy atom. The molecular weight excluding hydrogens is 401 g/mol. The number of ketones is 1. The Labute approximate surface area is 180 Å². The average Bonchev–Trinajstić information content (AvgIpc) is 3.03. The molecule has 0 aliphatic carbocycles. The lowest BCUT2D eigenvalue weighted by atomic mass is 9.95. The molecule has 0 radical (unpaired) electrons. The summed E-state index contributed by atoms with van der Waals surface area (Å²) in [4.78, 5) is 26.9. The van der Waals surface area contributed by atoms with Gasteiger partial charge in [-0.05, 0) is 36.8 Å². The molecule has 0 spiro atoms. The fourth-order valence-electron chi connectivity index (χ4n) is 3.53. The Morgan fingerprint density at radius 3 is 2.55 bits per heavy atom. The summed E-state index contributed by atoms with van der Waals surface area (Å²) in [7, 11) is 1.53. The third kappa shape index (κ3) is 4.67. The molecule has 2 aromatic carbocycles. The van der Waals surface area contributed by atoms with Crippen molar-refractivity contribution in [1.82, 2.24) is 4.90 Å². The molecule has 0 unspecified atom stereocenters. The molecule has 1 atom stereocenters. The zero-order chi connectivity index (χ0) is 22.4. The molecule has 1 aliphatic rings. The van der Waals surface area contributed by atoms with Crippen LogP contribution in [0.4, 0.5) is 4.39 Å². The monoisotopic (exact) mass is 425 g/mol. The number of nitrogens with zero attached hydrogens (tertiary/aromatic N) is 1. The van der Waals surface area contributed by atoms with Crippen molar-refractivity contribution >= 4 is 17.4 Å². The van der Waals surface area contributed by atoms with Crippen LogP contribution in [0.1, 0.15) is 23.6 Å². The van der Waals surface area contributed by atoms with E-state index in [2.05, 4.69) is 6.58 Å². The number of amides is 1. The lowest BCUT2D eigenvalue weighted by Gasteiger charge is -2.25. The molecule has 1 fully saturated rings. The molecule has 1 heterocycles. The number of benzene rings is 2. The molecule has 162 valence electrons. The predicted octanol–water partition coefficient (Wildman–Crippen LogP) is 3.85. The molecule has 7 heteroatoms. The number of hydrogen-bond donors (Lipinski definition) is 1. The van der Waals surface area contributed by atoms with Gasteiger partial charge in [-0.2, -0.15) is 0 Å². The number of aliphatic hydroxyl groups excluding tert-OH is 1. The fraction of sp³-hybridized carbons (Fsp3) is 0.250. The molecule has 1 amide bonds. The Hall–Kier alpha value is -3.45. The van der Waals surface area contributed by atoms with E-state index >= 15 is 0 Å². The van der Waals surface area contributed by atoms with Crippen LogP contribution in [0, 0.1) is 5.82 Å². The van der Waals surface area contributed by atoms with Gasteiger partial charge in [0.2, 0.25) is 0 Å². The van der Waals surface area contributed by atoms with Crippen LogP contribution in [0.25, 0.3) is 5.76 Å². The zero-order valence-corrected chi connectivity index (χ0v) is 17.2. The maximum Gasteiger partial charge on any atom is 0.295 e. The summed E-state index contributed by atoms with van der Waals surface area (Å²) >= 11 is 0. The van der Waals surface area contributed by atoms with E-state index in [1.165, 1.54) is 30.2 Å². The van der Waals surface area contributed by atoms with Crippen molar-refractivity contribution in [2.75, 3.05) is 26.9 Å². The van der Waals surface area contributed by atoms with E-state index in [0.29, 0.717) is 30.9 Å². The topological polar surface area (TPSA) is 76.1 Å². The minimum absolute atomic E-state index is 0.145. The number of hydrogen-bond acceptors (Lipinski definition) is 5. The van der Waals surface area contributed by atoms with Gasteiger partial charge in [-0.25, -0.2) is 4.39 Å². The van der Waals surface area contributed by atoms with Gasteiger partial charge in [-0.15, -0.1) is 0 Å². The Bertz CT molecular complexity index is 999. The Kier molecular flexibility index (Phi) is 7.20. The minimum atomic E-state index is -1.03. The summed E-state index contributed by atoms with van der Waals surface area (Å²) in [5.74, 6) is -2.00. The second kappa shape index (κ2) is 10.0. The van der Waals surface area contributed by atoms with Gasteiger partial charge in [-0.3, -0.25) is 9.59 Å². The van der Waals surface area contributed by atoms with E-state index in [1.807, 2.05) is 0 Å². The smallest absolute Gasteiger partial charge is 0.295 e. The van der Waals surface area contributed by atoms with E-state index in [9.17, 15) is 19.1 Å². The SMILES string of the molecule is C=CCOc1ccc(C(O)=C2C(=O)C(=O)N(CCCOC)[C@@H]2c2ccccc2F)cc1. The number of rotatable bonds is 9. The summed E-state index contributed by atoms with van der Waals surface area (Å²) < 4.78 is 25.1. The molecule has 6 nitrogen and oxygen atoms in total. The van der Waals surface area contributed by atoms with E-state index in [1.54, 1.807) is 36.4 Å². The van der Waals surface area contributed by atoms with Crippen molar-refractivity contribution in [3.63, 3.8) is 0 Å². The molecule has 0 aromatic heterocycles. The van der Waals surface area contributed by atoms with E-state index in [-0.39, 0.29) is 23.4 Å². The molecule has 31 heavy (non-hydrogen) atoms. The highest BCUT2D eigenvalue weighted by Crippen LogP contribution is 2.40. The summed E-state index contributed by atoms with van der Waals surface area (Å²) in [5, 5.41) is 11.0. The predicted molar refractivity (Wildman–Crippen MR) is 114 cm³/mol. The normalized spacial score (nSPS) is 17.7. The Morgan fingerprint density at radius 1 is 1.19 bits per heavy atom. The first-order valence-electron chi connectivity index (χ1n) is 9.85. The first-order chi connectivity index (χ1) is 15.0. The third-order valence-corrected chi connectivity index (χ3v) is 4.98. The summed E-state index contributed by atoms with van der Waals surface area (Å²) in [6.07, 6.45) is 2.07. The van der Waals surface area contributed by atoms with Gasteiger partial charge in [0.05, 0.1) is 11.6 Å². The van der Waals surface area contributed by atoms with Crippen LogP contribution in [0.15, 0.2) is 66.8 Å². The van der Waals surface area contributed by atoms with Gasteiger partial charge in [0.15, 0.2) is 0 Å². The van der Waals surface area contributed by atoms with E-state index < -0.39 is 23.5 Å². The first-order valence-corrected chi connectivity index (χ1v) is 9.85. The molecule has 2 aromatic rings. The van der Waals surface area contributed by atoms with Gasteiger partial charge in [0, 0.05) is 31.4 Å². The molecule has 1 aliphatic heterocycles. The summed E-state index contributed by atoms with van der Waals surface area (Å²) in [6, 6.07) is 11.3. The summed E-state index contributed by atoms with van der Waals surface area (Å²) in [6.45, 7) is 4.46. The van der Waals surface area contributed by atoms with Crippen LogP contribution in [0.5, 0.6) is 5.75 Å². The van der Waals surface area contributed by atoms with Gasteiger partial charge >= 0.3 is 0 Å². The first kappa shape index (κ1) is 22.2. The molecule has 0 saturated carbocycles. The van der Waals surface area contributed by atoms with Crippen LogP contribution in [0.2, 0.25) is 0 Å². The van der Waals surface area contributed by atoms with Crippen molar-refractivity contribution in [2.45, 2.75) is 12.5 Å². The second-order valence-electron chi connectivity index (χ2n) is 6.98. The van der Waals surface area contributed by atoms with Crippen LogP contribution >= 0.6 is 0 Å². The van der Waals surface area contributed by atoms with Crippen molar-refractivity contribution < 1.29 is 28.6 Å². The van der Waals surface area contributed by atoms with Gasteiger partial charge < -0.3 is 19.5 Å². The number of Topliss-reactive ketones (excluding diaryl/α,β-unsaturated/α-hetero) is 1. The Balaban J connectivity index is 2.06. The number of ether oxygens (including phenoxy) is 2. The van der Waals surface area contributed by atoms with E-state index in [4.69, 9.17) is 9.47 Å². The lowest BCUT2D eigenvalue weighted by Crippen LogP contribution is -2.31. The second-order valence-corrected chi connectivity index (χ2v) is 6.98. The maximum atomic E-state index is 14.7. The number of carbonyl (C=O) groups is 2. The van der Waals surface area contributed by atoms with Gasteiger partial charge in [0.1, 0.15) is 23.9 Å². The lowest BCUT2D eigenvalue weighted by molar-refractivity contribution is -0.140. The standard InChI is InChI=1S/C24H24FNO5/c1-3-14-31-17-11-9-16(10-12-17)22(27)20-21(18-7-4-5-8-19(18)25)26(13-6-15-30-2)24(29)23(20)28/h3-5,7-12,21,27H,1,6,13-15H2,2H3/t21-/m1/s1. The largest absolute Gasteiger partial charge is 0.507 e. The van der Waals surface area contributed by atoms with Crippen LogP contribution in [-0.2, 0) is 14.3 Å². The molecular formula is C24H24FNO5. The molecule has 1 N–H and O–H groups in total. The van der Waals surface area contributed by atoms with Crippen molar-refractivity contribution in [3.8, 4) is 5.75 Å². The third-order valence-electron chi connectivity index (χ3n) is 4.98. The number of aliphatic hydroxyl groups is 1. The van der Waals surface area contributed by atoms with Crippen LogP contribution in [-0.4, -0.2) is 48.6 Å². The van der Waals surface area contributed by atoms with Crippen LogP contribution in [0.3, 0.4) is 0 Å². The molecule has 1 saturated heterocycles. The number of likely N-dealkylation sites (tertiary alicyclic amines) is 1. The number of halogens is 1. The highest BCUT2D eigenvalue weighted by Gasteiger charge is 2.46. The summed E-state index contributed by atoms with van der Waals surface area (Å²) in [5.41, 5.74) is 0.320. The minimum Gasteiger partial charge on any atom is -0.507 e. The van der Waals surface area contributed by atoms with Crippen molar-refractivity contribution in [2.24, 2.45) is 0 Å². The number of methoxy groups -OCH3 is 1.